The van der Waals surface area contributed by atoms with Gasteiger partial charge in [-0.3, -0.25) is 0 Å². The Bertz CT molecular complexity index is 533. The van der Waals surface area contributed by atoms with Gasteiger partial charge >= 0.3 is 0 Å². The molecular formula is C17H25N3O. The minimum atomic E-state index is -0.00569. The molecule has 0 saturated heterocycles. The van der Waals surface area contributed by atoms with Crippen molar-refractivity contribution in [2.75, 3.05) is 7.11 Å². The normalized spacial score (nSPS) is 12.3. The maximum absolute atomic E-state index is 6.20. The summed E-state index contributed by atoms with van der Waals surface area (Å²) >= 11 is 0. The lowest BCUT2D eigenvalue weighted by atomic mass is 10.1. The number of hydrogen-bond acceptors (Lipinski definition) is 3. The van der Waals surface area contributed by atoms with E-state index in [9.17, 15) is 0 Å². The van der Waals surface area contributed by atoms with Crippen molar-refractivity contribution in [3.8, 4) is 17.0 Å². The monoisotopic (exact) mass is 287 g/mol. The largest absolute Gasteiger partial charge is 0.497 e. The average molecular weight is 287 g/mol. The van der Waals surface area contributed by atoms with Gasteiger partial charge in [-0.25, -0.2) is 4.98 Å². The van der Waals surface area contributed by atoms with Crippen LogP contribution in [0.2, 0.25) is 0 Å². The molecule has 1 atom stereocenters. The highest BCUT2D eigenvalue weighted by molar-refractivity contribution is 5.59. The molecule has 0 fully saturated rings. The number of ether oxygens (including phenoxy) is 1. The number of methoxy groups -OCH3 is 1. The van der Waals surface area contributed by atoms with Crippen LogP contribution in [0, 0.1) is 0 Å². The van der Waals surface area contributed by atoms with Crippen molar-refractivity contribution in [1.82, 2.24) is 9.97 Å². The van der Waals surface area contributed by atoms with E-state index in [-0.39, 0.29) is 6.04 Å². The quantitative estimate of drug-likeness (QED) is 0.720. The molecule has 0 saturated carbocycles. The number of H-pyrrole nitrogens is 1. The summed E-state index contributed by atoms with van der Waals surface area (Å²) in [5.41, 5.74) is 8.29. The van der Waals surface area contributed by atoms with Gasteiger partial charge in [0.15, 0.2) is 0 Å². The van der Waals surface area contributed by atoms with Gasteiger partial charge in [0.25, 0.3) is 0 Å². The average Bonchev–Trinajstić information content (AvgIpc) is 3.01. The van der Waals surface area contributed by atoms with Crippen LogP contribution in [-0.2, 0) is 0 Å². The fourth-order valence-corrected chi connectivity index (χ4v) is 2.37. The SMILES string of the molecule is CCCCCC[C@H](N)c1ncc(-c2ccc(OC)cc2)[nH]1. The number of unbranched alkanes of at least 4 members (excludes halogenated alkanes) is 3. The number of benzene rings is 1. The zero-order valence-corrected chi connectivity index (χ0v) is 12.9. The summed E-state index contributed by atoms with van der Waals surface area (Å²) in [7, 11) is 1.67. The van der Waals surface area contributed by atoms with Crippen LogP contribution in [0.4, 0.5) is 0 Å². The molecule has 1 aromatic heterocycles. The second-order valence-corrected chi connectivity index (χ2v) is 5.37. The molecule has 0 aliphatic carbocycles. The summed E-state index contributed by atoms with van der Waals surface area (Å²) in [6.07, 6.45) is 7.77. The Morgan fingerprint density at radius 2 is 1.95 bits per heavy atom. The van der Waals surface area contributed by atoms with Crippen molar-refractivity contribution >= 4 is 0 Å². The number of hydrogen-bond donors (Lipinski definition) is 2. The third-order valence-electron chi connectivity index (χ3n) is 3.72. The Balaban J connectivity index is 1.96. The van der Waals surface area contributed by atoms with Crippen LogP contribution in [-0.4, -0.2) is 17.1 Å². The highest BCUT2D eigenvalue weighted by atomic mass is 16.5. The molecule has 3 N–H and O–H groups in total. The molecule has 1 heterocycles. The number of nitrogens with zero attached hydrogens (tertiary/aromatic N) is 1. The van der Waals surface area contributed by atoms with E-state index in [0.29, 0.717) is 0 Å². The molecule has 0 amide bonds. The summed E-state index contributed by atoms with van der Waals surface area (Å²) in [4.78, 5) is 7.75. The van der Waals surface area contributed by atoms with Crippen LogP contribution in [0.5, 0.6) is 5.75 Å². The highest BCUT2D eigenvalue weighted by Crippen LogP contribution is 2.23. The highest BCUT2D eigenvalue weighted by Gasteiger charge is 2.10. The van der Waals surface area contributed by atoms with Crippen molar-refractivity contribution in [2.24, 2.45) is 5.73 Å². The minimum absolute atomic E-state index is 0.00569. The molecule has 0 unspecified atom stereocenters. The Kier molecular flexibility index (Phi) is 5.81. The van der Waals surface area contributed by atoms with Crippen LogP contribution in [0.25, 0.3) is 11.3 Å². The first kappa shape index (κ1) is 15.6. The molecule has 4 nitrogen and oxygen atoms in total. The van der Waals surface area contributed by atoms with E-state index in [4.69, 9.17) is 10.5 Å². The van der Waals surface area contributed by atoms with Crippen LogP contribution in [0.3, 0.4) is 0 Å². The molecule has 0 bridgehead atoms. The number of imidazole rings is 1. The van der Waals surface area contributed by atoms with Crippen molar-refractivity contribution in [2.45, 2.75) is 45.1 Å². The van der Waals surface area contributed by atoms with Crippen LogP contribution in [0.15, 0.2) is 30.5 Å². The second-order valence-electron chi connectivity index (χ2n) is 5.37. The van der Waals surface area contributed by atoms with Crippen molar-refractivity contribution in [1.29, 1.82) is 0 Å². The van der Waals surface area contributed by atoms with Gasteiger partial charge in [-0.05, 0) is 36.2 Å². The van der Waals surface area contributed by atoms with Gasteiger partial charge in [0.05, 0.1) is 25.0 Å². The first-order valence-electron chi connectivity index (χ1n) is 7.69. The molecule has 1 aromatic carbocycles. The van der Waals surface area contributed by atoms with Gasteiger partial charge in [0, 0.05) is 0 Å². The van der Waals surface area contributed by atoms with E-state index >= 15 is 0 Å². The van der Waals surface area contributed by atoms with Crippen molar-refractivity contribution < 1.29 is 4.74 Å². The maximum Gasteiger partial charge on any atom is 0.123 e. The number of rotatable bonds is 8. The molecule has 2 aromatic rings. The first-order valence-corrected chi connectivity index (χ1v) is 7.69. The molecule has 0 radical (unpaired) electrons. The van der Waals surface area contributed by atoms with E-state index in [1.807, 2.05) is 30.5 Å². The van der Waals surface area contributed by atoms with Gasteiger partial charge < -0.3 is 15.5 Å². The lowest BCUT2D eigenvalue weighted by molar-refractivity contribution is 0.415. The van der Waals surface area contributed by atoms with Gasteiger partial charge in [-0.2, -0.15) is 0 Å². The molecule has 0 aliphatic heterocycles. The van der Waals surface area contributed by atoms with E-state index < -0.39 is 0 Å². The number of aromatic amines is 1. The number of nitrogens with one attached hydrogen (secondary N) is 1. The van der Waals surface area contributed by atoms with Gasteiger partial charge in [0.2, 0.25) is 0 Å². The predicted molar refractivity (Wildman–Crippen MR) is 86.3 cm³/mol. The lowest BCUT2D eigenvalue weighted by Crippen LogP contribution is -2.11. The molecular weight excluding hydrogens is 262 g/mol. The third-order valence-corrected chi connectivity index (χ3v) is 3.72. The van der Waals surface area contributed by atoms with Crippen LogP contribution in [0.1, 0.15) is 50.9 Å². The Labute approximate surface area is 126 Å². The predicted octanol–water partition coefficient (Wildman–Crippen LogP) is 4.06. The minimum Gasteiger partial charge on any atom is -0.497 e. The molecule has 21 heavy (non-hydrogen) atoms. The van der Waals surface area contributed by atoms with E-state index in [1.54, 1.807) is 7.11 Å². The molecule has 0 aliphatic rings. The standard InChI is InChI=1S/C17H25N3O/c1-3-4-5-6-7-15(18)17-19-12-16(20-17)13-8-10-14(21-2)11-9-13/h8-12,15H,3-7,18H2,1-2H3,(H,19,20)/t15-/m0/s1. The first-order chi connectivity index (χ1) is 10.2. The summed E-state index contributed by atoms with van der Waals surface area (Å²) in [6.45, 7) is 2.22. The zero-order chi connectivity index (χ0) is 15.1. The molecule has 114 valence electrons. The topological polar surface area (TPSA) is 63.9 Å². The van der Waals surface area contributed by atoms with Gasteiger partial charge in [-0.1, -0.05) is 32.6 Å². The fraction of sp³-hybridized carbons (Fsp3) is 0.471. The van der Waals surface area contributed by atoms with Crippen LogP contribution >= 0.6 is 0 Å². The summed E-state index contributed by atoms with van der Waals surface area (Å²) in [6, 6.07) is 7.92. The van der Waals surface area contributed by atoms with Crippen LogP contribution < -0.4 is 10.5 Å². The summed E-state index contributed by atoms with van der Waals surface area (Å²) in [5.74, 6) is 1.73. The Hall–Kier alpha value is -1.81. The lowest BCUT2D eigenvalue weighted by Gasteiger charge is -2.08. The summed E-state index contributed by atoms with van der Waals surface area (Å²) < 4.78 is 5.17. The molecule has 4 heteroatoms. The number of nitrogens with two attached hydrogens (primary N) is 1. The second kappa shape index (κ2) is 7.84. The summed E-state index contributed by atoms with van der Waals surface area (Å²) in [5, 5.41) is 0. The number of aromatic nitrogens is 2. The third kappa shape index (κ3) is 4.33. The maximum atomic E-state index is 6.20. The van der Waals surface area contributed by atoms with E-state index in [2.05, 4.69) is 16.9 Å². The van der Waals surface area contributed by atoms with E-state index in [0.717, 1.165) is 35.7 Å². The van der Waals surface area contributed by atoms with Gasteiger partial charge in [-0.15, -0.1) is 0 Å². The van der Waals surface area contributed by atoms with Gasteiger partial charge in [0.1, 0.15) is 11.6 Å². The van der Waals surface area contributed by atoms with Crippen molar-refractivity contribution in [3.05, 3.63) is 36.3 Å². The fourth-order valence-electron chi connectivity index (χ4n) is 2.37. The Morgan fingerprint density at radius 3 is 2.62 bits per heavy atom. The smallest absolute Gasteiger partial charge is 0.123 e. The molecule has 2 rings (SSSR count). The van der Waals surface area contributed by atoms with Crippen molar-refractivity contribution in [3.63, 3.8) is 0 Å². The zero-order valence-electron chi connectivity index (χ0n) is 12.9. The molecule has 0 spiro atoms. The Morgan fingerprint density at radius 1 is 1.19 bits per heavy atom. The van der Waals surface area contributed by atoms with E-state index in [1.165, 1.54) is 19.3 Å².